The van der Waals surface area contributed by atoms with Gasteiger partial charge in [0, 0.05) is 12.0 Å². The summed E-state index contributed by atoms with van der Waals surface area (Å²) in [5.74, 6) is -0.123. The Balaban J connectivity index is 1.88. The molecule has 6 heteroatoms. The number of ether oxygens (including phenoxy) is 1. The van der Waals surface area contributed by atoms with Gasteiger partial charge in [0.05, 0.1) is 6.54 Å². The predicted octanol–water partition coefficient (Wildman–Crippen LogP) is 2.41. The monoisotopic (exact) mass is 346 g/mol. The number of hydrogen-bond donors (Lipinski definition) is 2. The van der Waals surface area contributed by atoms with Crippen LogP contribution in [0.15, 0.2) is 24.3 Å². The van der Waals surface area contributed by atoms with E-state index < -0.39 is 11.8 Å². The van der Waals surface area contributed by atoms with E-state index in [1.165, 1.54) is 38.2 Å². The van der Waals surface area contributed by atoms with Gasteiger partial charge in [-0.2, -0.15) is 0 Å². The molecular weight excluding hydrogens is 320 g/mol. The summed E-state index contributed by atoms with van der Waals surface area (Å²) in [6.45, 7) is 1.87. The molecule has 0 aliphatic heterocycles. The maximum Gasteiger partial charge on any atom is 0.311 e. The van der Waals surface area contributed by atoms with Gasteiger partial charge in [-0.25, -0.2) is 0 Å². The molecule has 136 valence electrons. The Labute approximate surface area is 148 Å². The second kappa shape index (κ2) is 9.20. The summed E-state index contributed by atoms with van der Waals surface area (Å²) >= 11 is 0. The maximum absolute atomic E-state index is 12.2. The first-order valence-electron chi connectivity index (χ1n) is 8.83. The number of carbonyl (C=O) groups is 3. The summed E-state index contributed by atoms with van der Waals surface area (Å²) < 4.78 is 5.38. The van der Waals surface area contributed by atoms with Gasteiger partial charge < -0.3 is 15.8 Å². The fourth-order valence-electron chi connectivity index (χ4n) is 3.28. The average molecular weight is 346 g/mol. The van der Waals surface area contributed by atoms with Gasteiger partial charge in [-0.05, 0) is 30.0 Å². The van der Waals surface area contributed by atoms with Crippen molar-refractivity contribution in [3.05, 3.63) is 29.8 Å². The fraction of sp³-hybridized carbons (Fsp3) is 0.526. The molecule has 25 heavy (non-hydrogen) atoms. The normalized spacial score (nSPS) is 16.0. The number of esters is 1. The summed E-state index contributed by atoms with van der Waals surface area (Å²) in [4.78, 5) is 34.8. The van der Waals surface area contributed by atoms with Crippen molar-refractivity contribution in [1.29, 1.82) is 0 Å². The highest BCUT2D eigenvalue weighted by atomic mass is 16.5. The lowest BCUT2D eigenvalue weighted by atomic mass is 9.79. The van der Waals surface area contributed by atoms with Gasteiger partial charge >= 0.3 is 5.97 Å². The summed E-state index contributed by atoms with van der Waals surface area (Å²) in [7, 11) is 0. The first kappa shape index (κ1) is 19.0. The lowest BCUT2D eigenvalue weighted by Crippen LogP contribution is -2.33. The molecule has 2 amide bonds. The molecule has 1 fully saturated rings. The van der Waals surface area contributed by atoms with Gasteiger partial charge in [-0.3, -0.25) is 14.4 Å². The molecule has 0 saturated heterocycles. The molecule has 1 aromatic carbocycles. The molecule has 0 heterocycles. The highest BCUT2D eigenvalue weighted by Crippen LogP contribution is 2.31. The Morgan fingerprint density at radius 1 is 1.24 bits per heavy atom. The molecule has 1 saturated carbocycles. The molecule has 6 nitrogen and oxygen atoms in total. The molecule has 1 unspecified atom stereocenters. The van der Waals surface area contributed by atoms with E-state index in [-0.39, 0.29) is 12.5 Å². The van der Waals surface area contributed by atoms with Gasteiger partial charge in [-0.1, -0.05) is 45.1 Å². The van der Waals surface area contributed by atoms with Gasteiger partial charge in [-0.15, -0.1) is 0 Å². The van der Waals surface area contributed by atoms with Crippen molar-refractivity contribution < 1.29 is 19.1 Å². The lowest BCUT2D eigenvalue weighted by molar-refractivity contribution is -0.135. The van der Waals surface area contributed by atoms with Crippen molar-refractivity contribution in [3.63, 3.8) is 0 Å². The number of rotatable bonds is 7. The van der Waals surface area contributed by atoms with Crippen LogP contribution in [0.4, 0.5) is 0 Å². The van der Waals surface area contributed by atoms with Crippen LogP contribution in [0.25, 0.3) is 0 Å². The van der Waals surface area contributed by atoms with Crippen LogP contribution in [0.3, 0.4) is 0 Å². The molecule has 0 radical (unpaired) electrons. The van der Waals surface area contributed by atoms with Crippen molar-refractivity contribution in [3.8, 4) is 5.75 Å². The smallest absolute Gasteiger partial charge is 0.311 e. The third-order valence-corrected chi connectivity index (χ3v) is 4.69. The maximum atomic E-state index is 12.2. The van der Waals surface area contributed by atoms with E-state index in [4.69, 9.17) is 10.5 Å². The number of benzene rings is 1. The summed E-state index contributed by atoms with van der Waals surface area (Å²) in [6, 6.07) is 6.33. The van der Waals surface area contributed by atoms with Gasteiger partial charge in [0.15, 0.2) is 0 Å². The number of nitrogens with one attached hydrogen (secondary N) is 1. The Bertz CT molecular complexity index is 624. The molecule has 1 aromatic rings. The minimum atomic E-state index is -0.618. The second-order valence-corrected chi connectivity index (χ2v) is 6.73. The zero-order valence-corrected chi connectivity index (χ0v) is 14.6. The molecule has 1 atom stereocenters. The highest BCUT2D eigenvalue weighted by Gasteiger charge is 2.23. The molecular formula is C19H26N2O4. The van der Waals surface area contributed by atoms with Crippen LogP contribution in [-0.4, -0.2) is 24.3 Å². The van der Waals surface area contributed by atoms with Crippen LogP contribution in [-0.2, 0) is 9.59 Å². The molecule has 1 aliphatic rings. The SMILES string of the molecule is CC(CC(=O)Oc1cccc(C(=O)NCC(N)=O)c1)C1CCCCC1. The van der Waals surface area contributed by atoms with E-state index in [1.54, 1.807) is 18.2 Å². The van der Waals surface area contributed by atoms with Gasteiger partial charge in [0.1, 0.15) is 5.75 Å². The molecule has 0 bridgehead atoms. The third-order valence-electron chi connectivity index (χ3n) is 4.69. The topological polar surface area (TPSA) is 98.5 Å². The van der Waals surface area contributed by atoms with E-state index in [0.29, 0.717) is 29.6 Å². The van der Waals surface area contributed by atoms with E-state index in [2.05, 4.69) is 12.2 Å². The zero-order valence-electron chi connectivity index (χ0n) is 14.6. The molecule has 0 spiro atoms. The number of nitrogens with two attached hydrogens (primary N) is 1. The van der Waals surface area contributed by atoms with Crippen molar-refractivity contribution >= 4 is 17.8 Å². The first-order chi connectivity index (χ1) is 12.0. The van der Waals surface area contributed by atoms with Crippen LogP contribution in [0.5, 0.6) is 5.75 Å². The number of carbonyl (C=O) groups excluding carboxylic acids is 3. The standard InChI is InChI=1S/C19H26N2O4/c1-13(14-6-3-2-4-7-14)10-18(23)25-16-9-5-8-15(11-16)19(24)21-12-17(20)22/h5,8-9,11,13-14H,2-4,6-7,10,12H2,1H3,(H2,20,22)(H,21,24). The van der Waals surface area contributed by atoms with Crippen molar-refractivity contribution in [2.24, 2.45) is 17.6 Å². The highest BCUT2D eigenvalue weighted by molar-refractivity contribution is 5.96. The molecule has 0 aromatic heterocycles. The van der Waals surface area contributed by atoms with E-state index in [0.717, 1.165) is 0 Å². The summed E-state index contributed by atoms with van der Waals surface area (Å²) in [6.07, 6.45) is 6.52. The van der Waals surface area contributed by atoms with Crippen LogP contribution < -0.4 is 15.8 Å². The predicted molar refractivity (Wildman–Crippen MR) is 94.0 cm³/mol. The number of primary amides is 1. The average Bonchev–Trinajstić information content (AvgIpc) is 2.60. The Kier molecular flexibility index (Phi) is 6.98. The van der Waals surface area contributed by atoms with Crippen LogP contribution in [0.2, 0.25) is 0 Å². The molecule has 2 rings (SSSR count). The van der Waals surface area contributed by atoms with E-state index in [9.17, 15) is 14.4 Å². The number of hydrogen-bond acceptors (Lipinski definition) is 4. The van der Waals surface area contributed by atoms with Crippen LogP contribution in [0.1, 0.15) is 55.8 Å². The van der Waals surface area contributed by atoms with Gasteiger partial charge in [0.2, 0.25) is 5.91 Å². The van der Waals surface area contributed by atoms with E-state index >= 15 is 0 Å². The molecule has 3 N–H and O–H groups in total. The summed E-state index contributed by atoms with van der Waals surface area (Å²) in [5, 5.41) is 2.40. The zero-order chi connectivity index (χ0) is 18.2. The summed E-state index contributed by atoms with van der Waals surface area (Å²) in [5.41, 5.74) is 5.31. The third kappa shape index (κ3) is 6.21. The Morgan fingerprint density at radius 3 is 2.64 bits per heavy atom. The second-order valence-electron chi connectivity index (χ2n) is 6.73. The fourth-order valence-corrected chi connectivity index (χ4v) is 3.28. The van der Waals surface area contributed by atoms with Gasteiger partial charge in [0.25, 0.3) is 5.91 Å². The molecule has 1 aliphatic carbocycles. The quantitative estimate of drug-likeness (QED) is 0.585. The van der Waals surface area contributed by atoms with Crippen LogP contribution >= 0.6 is 0 Å². The minimum absolute atomic E-state index is 0.234. The van der Waals surface area contributed by atoms with E-state index in [1.807, 2.05) is 0 Å². The number of amides is 2. The first-order valence-corrected chi connectivity index (χ1v) is 8.83. The van der Waals surface area contributed by atoms with Crippen molar-refractivity contribution in [2.75, 3.05) is 6.54 Å². The van der Waals surface area contributed by atoms with Crippen LogP contribution in [0, 0.1) is 11.8 Å². The Hall–Kier alpha value is -2.37. The Morgan fingerprint density at radius 2 is 1.96 bits per heavy atom. The lowest BCUT2D eigenvalue weighted by Gasteiger charge is -2.26. The van der Waals surface area contributed by atoms with Crippen molar-refractivity contribution in [1.82, 2.24) is 5.32 Å². The largest absolute Gasteiger partial charge is 0.426 e. The van der Waals surface area contributed by atoms with Crippen molar-refractivity contribution in [2.45, 2.75) is 45.4 Å². The minimum Gasteiger partial charge on any atom is -0.426 e.